The van der Waals surface area contributed by atoms with Gasteiger partial charge in [0.2, 0.25) is 0 Å². The van der Waals surface area contributed by atoms with Crippen molar-refractivity contribution in [3.63, 3.8) is 0 Å². The normalized spacial score (nSPS) is 26.4. The van der Waals surface area contributed by atoms with Crippen molar-refractivity contribution < 1.29 is 0 Å². The molecule has 19 heavy (non-hydrogen) atoms. The van der Waals surface area contributed by atoms with Gasteiger partial charge in [-0.3, -0.25) is 4.90 Å². The summed E-state index contributed by atoms with van der Waals surface area (Å²) in [5, 5.41) is 0. The van der Waals surface area contributed by atoms with E-state index in [1.807, 2.05) is 0 Å². The van der Waals surface area contributed by atoms with Crippen molar-refractivity contribution in [2.75, 3.05) is 19.6 Å². The van der Waals surface area contributed by atoms with Gasteiger partial charge in [0, 0.05) is 23.6 Å². The molecular weight excluding hydrogens is 300 g/mol. The largest absolute Gasteiger partial charge is 0.329 e. The number of likely N-dealkylation sites (tertiary alicyclic amines) is 1. The Labute approximate surface area is 125 Å². The van der Waals surface area contributed by atoms with Crippen LogP contribution in [0.15, 0.2) is 22.7 Å². The van der Waals surface area contributed by atoms with E-state index >= 15 is 0 Å². The Kier molecular flexibility index (Phi) is 5.04. The van der Waals surface area contributed by atoms with Gasteiger partial charge in [0.1, 0.15) is 0 Å². The first-order valence-electron chi connectivity index (χ1n) is 7.23. The van der Waals surface area contributed by atoms with Crippen LogP contribution in [-0.2, 0) is 0 Å². The van der Waals surface area contributed by atoms with Crippen molar-refractivity contribution >= 4 is 15.9 Å². The molecule has 1 fully saturated rings. The third-order valence-corrected chi connectivity index (χ3v) is 5.49. The number of nitrogens with zero attached hydrogens (tertiary/aromatic N) is 1. The summed E-state index contributed by atoms with van der Waals surface area (Å²) in [4.78, 5) is 2.56. The van der Waals surface area contributed by atoms with Crippen LogP contribution in [-0.4, -0.2) is 24.5 Å². The number of nitrogens with two attached hydrogens (primary N) is 1. The zero-order chi connectivity index (χ0) is 14.0. The third-order valence-electron chi connectivity index (χ3n) is 4.60. The molecule has 2 nitrogen and oxygen atoms in total. The van der Waals surface area contributed by atoms with E-state index in [0.717, 1.165) is 18.4 Å². The van der Waals surface area contributed by atoms with Crippen LogP contribution in [0.1, 0.15) is 37.4 Å². The van der Waals surface area contributed by atoms with Gasteiger partial charge in [-0.05, 0) is 48.9 Å². The molecule has 3 heteroatoms. The lowest BCUT2D eigenvalue weighted by atomic mass is 9.87. The Balaban J connectivity index is 2.17. The number of benzene rings is 1. The fourth-order valence-corrected chi connectivity index (χ4v) is 3.20. The average Bonchev–Trinajstić information content (AvgIpc) is 2.39. The Morgan fingerprint density at radius 1 is 1.37 bits per heavy atom. The van der Waals surface area contributed by atoms with Gasteiger partial charge in [0.05, 0.1) is 0 Å². The number of piperidine rings is 1. The molecule has 3 unspecified atom stereocenters. The number of hydrogen-bond acceptors (Lipinski definition) is 2. The van der Waals surface area contributed by atoms with Crippen LogP contribution in [0.5, 0.6) is 0 Å². The minimum absolute atomic E-state index is 0.363. The van der Waals surface area contributed by atoms with Gasteiger partial charge in [0.15, 0.2) is 0 Å². The molecule has 0 aromatic heterocycles. The molecule has 2 N–H and O–H groups in total. The smallest absolute Gasteiger partial charge is 0.0470 e. The lowest BCUT2D eigenvalue weighted by Gasteiger charge is -2.40. The molecule has 0 aliphatic carbocycles. The van der Waals surface area contributed by atoms with E-state index in [-0.39, 0.29) is 0 Å². The van der Waals surface area contributed by atoms with Crippen LogP contribution in [0.4, 0.5) is 0 Å². The van der Waals surface area contributed by atoms with Crippen molar-refractivity contribution in [2.45, 2.75) is 33.2 Å². The maximum absolute atomic E-state index is 6.05. The molecule has 1 aliphatic rings. The number of halogens is 1. The standard InChI is InChI=1S/C16H25BrN2/c1-11-6-7-19(10-13(11)3)16(9-18)14-4-5-15(17)12(2)8-14/h4-5,8,11,13,16H,6-7,9-10,18H2,1-3H3. The van der Waals surface area contributed by atoms with E-state index in [0.29, 0.717) is 12.6 Å². The minimum Gasteiger partial charge on any atom is -0.329 e. The quantitative estimate of drug-likeness (QED) is 0.917. The summed E-state index contributed by atoms with van der Waals surface area (Å²) in [6.07, 6.45) is 1.28. The molecule has 3 atom stereocenters. The van der Waals surface area contributed by atoms with Gasteiger partial charge in [-0.1, -0.05) is 41.9 Å². The first-order valence-corrected chi connectivity index (χ1v) is 8.02. The molecule has 106 valence electrons. The number of rotatable bonds is 3. The highest BCUT2D eigenvalue weighted by atomic mass is 79.9. The maximum atomic E-state index is 6.05. The summed E-state index contributed by atoms with van der Waals surface area (Å²) in [5.74, 6) is 1.60. The van der Waals surface area contributed by atoms with Crippen LogP contribution < -0.4 is 5.73 Å². The maximum Gasteiger partial charge on any atom is 0.0470 e. The summed E-state index contributed by atoms with van der Waals surface area (Å²) in [6.45, 7) is 9.89. The first kappa shape index (κ1) is 15.0. The topological polar surface area (TPSA) is 29.3 Å². The van der Waals surface area contributed by atoms with Crippen LogP contribution in [0.2, 0.25) is 0 Å². The molecule has 2 rings (SSSR count). The monoisotopic (exact) mass is 324 g/mol. The molecule has 1 heterocycles. The zero-order valence-corrected chi connectivity index (χ0v) is 13.8. The predicted molar refractivity (Wildman–Crippen MR) is 85.2 cm³/mol. The van der Waals surface area contributed by atoms with Gasteiger partial charge >= 0.3 is 0 Å². The fourth-order valence-electron chi connectivity index (χ4n) is 2.95. The van der Waals surface area contributed by atoms with E-state index in [1.165, 1.54) is 28.6 Å². The van der Waals surface area contributed by atoms with E-state index in [9.17, 15) is 0 Å². The summed E-state index contributed by atoms with van der Waals surface area (Å²) >= 11 is 3.57. The van der Waals surface area contributed by atoms with Crippen molar-refractivity contribution in [3.05, 3.63) is 33.8 Å². The molecular formula is C16H25BrN2. The second-order valence-electron chi connectivity index (χ2n) is 6.00. The SMILES string of the molecule is Cc1cc(C(CN)N2CCC(C)C(C)C2)ccc1Br. The van der Waals surface area contributed by atoms with Crippen molar-refractivity contribution in [1.82, 2.24) is 4.90 Å². The lowest BCUT2D eigenvalue weighted by molar-refractivity contribution is 0.0983. The van der Waals surface area contributed by atoms with Gasteiger partial charge in [-0.2, -0.15) is 0 Å². The highest BCUT2D eigenvalue weighted by Crippen LogP contribution is 2.30. The molecule has 0 amide bonds. The van der Waals surface area contributed by atoms with Crippen molar-refractivity contribution in [3.8, 4) is 0 Å². The fraction of sp³-hybridized carbons (Fsp3) is 0.625. The Bertz CT molecular complexity index is 433. The molecule has 1 aromatic carbocycles. The number of aryl methyl sites for hydroxylation is 1. The van der Waals surface area contributed by atoms with E-state index in [1.54, 1.807) is 0 Å². The van der Waals surface area contributed by atoms with E-state index in [2.05, 4.69) is 59.8 Å². The molecule has 1 saturated heterocycles. The second kappa shape index (κ2) is 6.38. The highest BCUT2D eigenvalue weighted by molar-refractivity contribution is 9.10. The van der Waals surface area contributed by atoms with Crippen LogP contribution in [0.3, 0.4) is 0 Å². The van der Waals surface area contributed by atoms with Gasteiger partial charge in [-0.15, -0.1) is 0 Å². The summed E-state index contributed by atoms with van der Waals surface area (Å²) < 4.78 is 1.17. The second-order valence-corrected chi connectivity index (χ2v) is 6.85. The number of hydrogen-bond donors (Lipinski definition) is 1. The van der Waals surface area contributed by atoms with Crippen molar-refractivity contribution in [1.29, 1.82) is 0 Å². The Hall–Kier alpha value is -0.380. The highest BCUT2D eigenvalue weighted by Gasteiger charge is 2.27. The molecule has 0 radical (unpaired) electrons. The summed E-state index contributed by atoms with van der Waals surface area (Å²) in [5.41, 5.74) is 8.69. The molecule has 1 aliphatic heterocycles. The van der Waals surface area contributed by atoms with Gasteiger partial charge in [-0.25, -0.2) is 0 Å². The first-order chi connectivity index (χ1) is 9.02. The third kappa shape index (κ3) is 3.39. The molecule has 1 aromatic rings. The lowest BCUT2D eigenvalue weighted by Crippen LogP contribution is -2.43. The van der Waals surface area contributed by atoms with Crippen LogP contribution >= 0.6 is 15.9 Å². The Morgan fingerprint density at radius 2 is 2.11 bits per heavy atom. The molecule has 0 spiro atoms. The predicted octanol–water partition coefficient (Wildman–Crippen LogP) is 3.74. The van der Waals surface area contributed by atoms with Gasteiger partial charge in [0.25, 0.3) is 0 Å². The van der Waals surface area contributed by atoms with Crippen LogP contribution in [0, 0.1) is 18.8 Å². The zero-order valence-electron chi connectivity index (χ0n) is 12.2. The summed E-state index contributed by atoms with van der Waals surface area (Å²) in [6, 6.07) is 6.98. The Morgan fingerprint density at radius 3 is 2.68 bits per heavy atom. The summed E-state index contributed by atoms with van der Waals surface area (Å²) in [7, 11) is 0. The van der Waals surface area contributed by atoms with Gasteiger partial charge < -0.3 is 5.73 Å². The van der Waals surface area contributed by atoms with E-state index < -0.39 is 0 Å². The molecule has 0 saturated carbocycles. The molecule has 0 bridgehead atoms. The van der Waals surface area contributed by atoms with E-state index in [4.69, 9.17) is 5.73 Å². The van der Waals surface area contributed by atoms with Crippen LogP contribution in [0.25, 0.3) is 0 Å². The minimum atomic E-state index is 0.363. The van der Waals surface area contributed by atoms with Crippen molar-refractivity contribution in [2.24, 2.45) is 17.6 Å². The average molecular weight is 325 g/mol.